The molecular weight excluding hydrogens is 564 g/mol. The average molecular weight is 603 g/mol. The van der Waals surface area contributed by atoms with Gasteiger partial charge in [0.1, 0.15) is 23.0 Å². The monoisotopic (exact) mass is 602 g/mol. The molecule has 3 aromatic rings. The summed E-state index contributed by atoms with van der Waals surface area (Å²) in [6.45, 7) is 8.14. The molecule has 232 valence electrons. The zero-order valence-electron chi connectivity index (χ0n) is 25.2. The Balaban J connectivity index is 1.53. The number of Topliss-reactive ketones (excluding diaryl/α,β-unsaturated/α-hetero) is 1. The second-order valence-electron chi connectivity index (χ2n) is 9.88. The van der Waals surface area contributed by atoms with Crippen LogP contribution in [0.3, 0.4) is 0 Å². The lowest BCUT2D eigenvalue weighted by Crippen LogP contribution is -2.12. The molecule has 0 aliphatic rings. The zero-order valence-corrected chi connectivity index (χ0v) is 25.2. The van der Waals surface area contributed by atoms with Crippen LogP contribution in [0.4, 0.5) is 0 Å². The van der Waals surface area contributed by atoms with E-state index in [4.69, 9.17) is 23.7 Å². The second kappa shape index (κ2) is 17.9. The van der Waals surface area contributed by atoms with Crippen molar-refractivity contribution in [3.63, 3.8) is 0 Å². The lowest BCUT2D eigenvalue weighted by atomic mass is 10.1. The fraction of sp³-hybridized carbons (Fsp3) is 0.314. The van der Waals surface area contributed by atoms with Crippen molar-refractivity contribution in [1.82, 2.24) is 0 Å². The molecular formula is C35H38O9. The maximum atomic E-state index is 12.8. The summed E-state index contributed by atoms with van der Waals surface area (Å²) < 4.78 is 27.2. The molecule has 0 amide bonds. The molecule has 0 fully saturated rings. The van der Waals surface area contributed by atoms with Crippen LogP contribution < -0.4 is 18.9 Å². The summed E-state index contributed by atoms with van der Waals surface area (Å²) in [5.74, 6) is -0.682. The molecule has 9 heteroatoms. The van der Waals surface area contributed by atoms with Crippen molar-refractivity contribution in [1.29, 1.82) is 0 Å². The number of carbonyl (C=O) groups excluding carboxylic acids is 4. The van der Waals surface area contributed by atoms with E-state index in [-0.39, 0.29) is 35.0 Å². The predicted octanol–water partition coefficient (Wildman–Crippen LogP) is 7.17. The quantitative estimate of drug-likeness (QED) is 0.0491. The molecule has 0 heterocycles. The minimum Gasteiger partial charge on any atom is -0.494 e. The molecule has 0 bridgehead atoms. The third-order valence-corrected chi connectivity index (χ3v) is 6.41. The Bertz CT molecular complexity index is 1410. The number of rotatable bonds is 18. The fourth-order valence-corrected chi connectivity index (χ4v) is 3.98. The van der Waals surface area contributed by atoms with E-state index in [1.165, 1.54) is 31.5 Å². The molecule has 0 aliphatic heterocycles. The van der Waals surface area contributed by atoms with Gasteiger partial charge in [-0.15, -0.1) is 0 Å². The minimum atomic E-state index is -0.666. The Hall–Kier alpha value is -4.92. The third-order valence-electron chi connectivity index (χ3n) is 6.41. The molecule has 44 heavy (non-hydrogen) atoms. The molecule has 3 rings (SSSR count). The highest BCUT2D eigenvalue weighted by molar-refractivity contribution is 6.00. The van der Waals surface area contributed by atoms with Gasteiger partial charge in [-0.1, -0.05) is 32.8 Å². The van der Waals surface area contributed by atoms with Gasteiger partial charge in [0, 0.05) is 6.08 Å². The van der Waals surface area contributed by atoms with E-state index >= 15 is 0 Å². The SMILES string of the molecule is C=CC(=O)OCCCCOc1ccc(C(=O)Oc2ccc(OC(=O)c3ccc(OCCCCCC)cc3)cc2C(C)=O)cc1. The second-order valence-corrected chi connectivity index (χ2v) is 9.88. The van der Waals surface area contributed by atoms with Gasteiger partial charge in [0.2, 0.25) is 0 Å². The van der Waals surface area contributed by atoms with E-state index in [1.807, 2.05) is 0 Å². The lowest BCUT2D eigenvalue weighted by Gasteiger charge is -2.12. The van der Waals surface area contributed by atoms with Crippen molar-refractivity contribution < 1.29 is 42.9 Å². The first-order chi connectivity index (χ1) is 21.3. The van der Waals surface area contributed by atoms with E-state index in [2.05, 4.69) is 13.5 Å². The first-order valence-electron chi connectivity index (χ1n) is 14.6. The number of hydrogen-bond donors (Lipinski definition) is 0. The molecule has 9 nitrogen and oxygen atoms in total. The molecule has 0 radical (unpaired) electrons. The van der Waals surface area contributed by atoms with Crippen molar-refractivity contribution in [2.75, 3.05) is 19.8 Å². The van der Waals surface area contributed by atoms with Gasteiger partial charge in [0.05, 0.1) is 36.5 Å². The molecule has 0 atom stereocenters. The molecule has 0 aliphatic carbocycles. The van der Waals surface area contributed by atoms with Crippen molar-refractivity contribution in [2.24, 2.45) is 0 Å². The molecule has 3 aromatic carbocycles. The van der Waals surface area contributed by atoms with Gasteiger partial charge < -0.3 is 23.7 Å². The van der Waals surface area contributed by atoms with E-state index in [0.717, 1.165) is 25.3 Å². The van der Waals surface area contributed by atoms with E-state index < -0.39 is 17.9 Å². The van der Waals surface area contributed by atoms with Crippen LogP contribution in [0.5, 0.6) is 23.0 Å². The summed E-state index contributed by atoms with van der Waals surface area (Å²) in [5.41, 5.74) is 0.672. The summed E-state index contributed by atoms with van der Waals surface area (Å²) in [6, 6.07) is 17.3. The molecule has 0 spiro atoms. The number of ketones is 1. The lowest BCUT2D eigenvalue weighted by molar-refractivity contribution is -0.137. The average Bonchev–Trinajstić information content (AvgIpc) is 3.03. The number of hydrogen-bond acceptors (Lipinski definition) is 9. The van der Waals surface area contributed by atoms with Crippen molar-refractivity contribution in [3.05, 3.63) is 96.1 Å². The highest BCUT2D eigenvalue weighted by atomic mass is 16.5. The van der Waals surface area contributed by atoms with E-state index in [9.17, 15) is 19.2 Å². The number of ether oxygens (including phenoxy) is 5. The summed E-state index contributed by atoms with van der Waals surface area (Å²) in [6.07, 6.45) is 6.86. The Kier molecular flexibility index (Phi) is 13.7. The minimum absolute atomic E-state index is 0.0419. The van der Waals surface area contributed by atoms with Gasteiger partial charge in [-0.25, -0.2) is 14.4 Å². The summed E-state index contributed by atoms with van der Waals surface area (Å²) in [4.78, 5) is 48.8. The van der Waals surface area contributed by atoms with Crippen LogP contribution in [0.1, 0.15) is 83.4 Å². The molecule has 0 saturated heterocycles. The van der Waals surface area contributed by atoms with Crippen molar-refractivity contribution >= 4 is 23.7 Å². The predicted molar refractivity (Wildman–Crippen MR) is 165 cm³/mol. The van der Waals surface area contributed by atoms with Crippen molar-refractivity contribution in [2.45, 2.75) is 52.4 Å². The van der Waals surface area contributed by atoms with Gasteiger partial charge in [0.25, 0.3) is 0 Å². The summed E-state index contributed by atoms with van der Waals surface area (Å²) >= 11 is 0. The van der Waals surface area contributed by atoms with E-state index in [0.29, 0.717) is 43.1 Å². The number of unbranched alkanes of at least 4 members (excludes halogenated alkanes) is 4. The Morgan fingerprint density at radius 1 is 0.659 bits per heavy atom. The van der Waals surface area contributed by atoms with Gasteiger partial charge in [-0.2, -0.15) is 0 Å². The van der Waals surface area contributed by atoms with Crippen molar-refractivity contribution in [3.8, 4) is 23.0 Å². The molecule has 0 aromatic heterocycles. The number of esters is 3. The Morgan fingerprint density at radius 3 is 1.73 bits per heavy atom. The summed E-state index contributed by atoms with van der Waals surface area (Å²) in [5, 5.41) is 0. The van der Waals surface area contributed by atoms with Crippen LogP contribution in [0, 0.1) is 0 Å². The number of carbonyl (C=O) groups is 4. The van der Waals surface area contributed by atoms with Crippen LogP contribution in [0.15, 0.2) is 79.4 Å². The molecule has 0 N–H and O–H groups in total. The van der Waals surface area contributed by atoms with Crippen LogP contribution in [0.2, 0.25) is 0 Å². The molecule has 0 unspecified atom stereocenters. The van der Waals surface area contributed by atoms with E-state index in [1.54, 1.807) is 48.5 Å². The normalized spacial score (nSPS) is 10.4. The Labute approximate surface area is 257 Å². The highest BCUT2D eigenvalue weighted by Gasteiger charge is 2.17. The van der Waals surface area contributed by atoms with Gasteiger partial charge >= 0.3 is 17.9 Å². The maximum Gasteiger partial charge on any atom is 0.343 e. The standard InChI is InChI=1S/C35H38O9/c1-4-6-7-8-21-40-28-15-11-26(12-16-28)34(38)43-30-19-20-32(31(24-30)25(3)36)44-35(39)27-13-17-29(18-14-27)41-22-9-10-23-42-33(37)5-2/h5,11-20,24H,2,4,6-10,21-23H2,1,3H3. The first-order valence-corrected chi connectivity index (χ1v) is 14.6. The van der Waals surface area contributed by atoms with Gasteiger partial charge in [-0.05, 0) is 92.9 Å². The first kappa shape index (κ1) is 33.6. The fourth-order valence-electron chi connectivity index (χ4n) is 3.98. The van der Waals surface area contributed by atoms with Crippen LogP contribution >= 0.6 is 0 Å². The summed E-state index contributed by atoms with van der Waals surface area (Å²) in [7, 11) is 0. The largest absolute Gasteiger partial charge is 0.494 e. The highest BCUT2D eigenvalue weighted by Crippen LogP contribution is 2.27. The maximum absolute atomic E-state index is 12.8. The smallest absolute Gasteiger partial charge is 0.343 e. The van der Waals surface area contributed by atoms with Gasteiger partial charge in [0.15, 0.2) is 5.78 Å². The van der Waals surface area contributed by atoms with Crippen LogP contribution in [0.25, 0.3) is 0 Å². The topological polar surface area (TPSA) is 114 Å². The van der Waals surface area contributed by atoms with Crippen LogP contribution in [-0.2, 0) is 9.53 Å². The number of benzene rings is 3. The third kappa shape index (κ3) is 11.1. The molecule has 0 saturated carbocycles. The van der Waals surface area contributed by atoms with Gasteiger partial charge in [-0.3, -0.25) is 4.79 Å². The van der Waals surface area contributed by atoms with Crippen LogP contribution in [-0.4, -0.2) is 43.5 Å². The Morgan fingerprint density at radius 2 is 1.18 bits per heavy atom. The zero-order chi connectivity index (χ0) is 31.7.